The van der Waals surface area contributed by atoms with E-state index >= 15 is 0 Å². The minimum Gasteiger partial charge on any atom is -0.477 e. The molecule has 0 bridgehead atoms. The molecule has 1 N–H and O–H groups in total. The Balaban J connectivity index is 1.93. The molecule has 4 nitrogen and oxygen atoms in total. The zero-order chi connectivity index (χ0) is 12.4. The van der Waals surface area contributed by atoms with Crippen molar-refractivity contribution in [2.45, 2.75) is 32.2 Å². The van der Waals surface area contributed by atoms with E-state index in [1.54, 1.807) is 6.07 Å². The second kappa shape index (κ2) is 4.87. The summed E-state index contributed by atoms with van der Waals surface area (Å²) in [5, 5.41) is 8.81. The Bertz CT molecular complexity index is 441. The predicted molar refractivity (Wildman–Crippen MR) is 65.4 cm³/mol. The molecule has 0 aliphatic carbocycles. The van der Waals surface area contributed by atoms with Crippen molar-refractivity contribution in [3.63, 3.8) is 0 Å². The van der Waals surface area contributed by atoms with E-state index in [9.17, 15) is 9.59 Å². The van der Waals surface area contributed by atoms with Gasteiger partial charge in [-0.25, -0.2) is 4.79 Å². The first kappa shape index (κ1) is 12.1. The molecule has 1 saturated heterocycles. The molecule has 0 saturated carbocycles. The van der Waals surface area contributed by atoms with Gasteiger partial charge < -0.3 is 10.0 Å². The van der Waals surface area contributed by atoms with Gasteiger partial charge in [0.15, 0.2) is 0 Å². The van der Waals surface area contributed by atoms with Gasteiger partial charge in [-0.05, 0) is 31.9 Å². The van der Waals surface area contributed by atoms with Crippen LogP contribution in [0, 0.1) is 0 Å². The highest BCUT2D eigenvalue weighted by Gasteiger charge is 2.26. The molecule has 1 aliphatic rings. The van der Waals surface area contributed by atoms with Gasteiger partial charge in [0.25, 0.3) is 0 Å². The first-order chi connectivity index (χ1) is 8.08. The molecule has 2 heterocycles. The van der Waals surface area contributed by atoms with E-state index in [1.165, 1.54) is 11.3 Å². The lowest BCUT2D eigenvalue weighted by Crippen LogP contribution is -2.32. The fourth-order valence-electron chi connectivity index (χ4n) is 2.08. The van der Waals surface area contributed by atoms with E-state index in [-0.39, 0.29) is 5.91 Å². The van der Waals surface area contributed by atoms with Crippen molar-refractivity contribution in [3.05, 3.63) is 21.9 Å². The van der Waals surface area contributed by atoms with Gasteiger partial charge >= 0.3 is 5.97 Å². The molecule has 92 valence electrons. The molecule has 1 aromatic rings. The molecule has 1 aliphatic heterocycles. The van der Waals surface area contributed by atoms with Gasteiger partial charge in [-0.3, -0.25) is 4.79 Å². The van der Waals surface area contributed by atoms with Crippen LogP contribution in [0.15, 0.2) is 12.1 Å². The quantitative estimate of drug-likeness (QED) is 0.893. The molecule has 1 atom stereocenters. The van der Waals surface area contributed by atoms with Crippen LogP contribution in [-0.2, 0) is 11.2 Å². The van der Waals surface area contributed by atoms with E-state index in [4.69, 9.17) is 5.11 Å². The molecule has 0 spiro atoms. The van der Waals surface area contributed by atoms with Crippen molar-refractivity contribution < 1.29 is 14.7 Å². The molecule has 5 heteroatoms. The molecule has 0 radical (unpaired) electrons. The van der Waals surface area contributed by atoms with Crippen molar-refractivity contribution in [2.75, 3.05) is 6.54 Å². The summed E-state index contributed by atoms with van der Waals surface area (Å²) in [6.45, 7) is 2.75. The summed E-state index contributed by atoms with van der Waals surface area (Å²) in [6, 6.07) is 3.78. The molecule has 1 fully saturated rings. The summed E-state index contributed by atoms with van der Waals surface area (Å²) in [4.78, 5) is 25.6. The molecular weight excluding hydrogens is 238 g/mol. The van der Waals surface area contributed by atoms with Crippen LogP contribution in [-0.4, -0.2) is 34.5 Å². The van der Waals surface area contributed by atoms with Gasteiger partial charge in [0.2, 0.25) is 5.91 Å². The van der Waals surface area contributed by atoms with Crippen LogP contribution in [0.3, 0.4) is 0 Å². The fraction of sp³-hybridized carbons (Fsp3) is 0.500. The zero-order valence-electron chi connectivity index (χ0n) is 9.68. The number of carboxylic acid groups (broad SMARTS) is 1. The minimum atomic E-state index is -0.883. The molecule has 1 amide bonds. The van der Waals surface area contributed by atoms with Gasteiger partial charge in [-0.2, -0.15) is 0 Å². The third-order valence-electron chi connectivity index (χ3n) is 3.10. The maximum atomic E-state index is 11.6. The SMILES string of the molecule is CC1CCC(=O)N1CCc1ccc(C(=O)O)s1. The number of likely N-dealkylation sites (tertiary alicyclic amines) is 1. The molecule has 1 unspecified atom stereocenters. The Morgan fingerprint density at radius 3 is 2.88 bits per heavy atom. The van der Waals surface area contributed by atoms with Gasteiger partial charge in [0, 0.05) is 23.9 Å². The average molecular weight is 253 g/mol. The lowest BCUT2D eigenvalue weighted by Gasteiger charge is -2.20. The van der Waals surface area contributed by atoms with Gasteiger partial charge in [-0.1, -0.05) is 0 Å². The lowest BCUT2D eigenvalue weighted by atomic mass is 10.2. The maximum Gasteiger partial charge on any atom is 0.345 e. The van der Waals surface area contributed by atoms with Crippen molar-refractivity contribution in [1.82, 2.24) is 4.90 Å². The van der Waals surface area contributed by atoms with Crippen molar-refractivity contribution >= 4 is 23.2 Å². The number of hydrogen-bond acceptors (Lipinski definition) is 3. The molecule has 17 heavy (non-hydrogen) atoms. The van der Waals surface area contributed by atoms with Crippen LogP contribution in [0.4, 0.5) is 0 Å². The summed E-state index contributed by atoms with van der Waals surface area (Å²) in [6.07, 6.45) is 2.32. The largest absolute Gasteiger partial charge is 0.477 e. The monoisotopic (exact) mass is 253 g/mol. The molecule has 2 rings (SSSR count). The van der Waals surface area contributed by atoms with Crippen LogP contribution in [0.5, 0.6) is 0 Å². The smallest absolute Gasteiger partial charge is 0.345 e. The topological polar surface area (TPSA) is 57.6 Å². The number of thiophene rings is 1. The highest BCUT2D eigenvalue weighted by molar-refractivity contribution is 7.13. The Kier molecular flexibility index (Phi) is 3.47. The van der Waals surface area contributed by atoms with Gasteiger partial charge in [0.05, 0.1) is 0 Å². The average Bonchev–Trinajstić information content (AvgIpc) is 2.85. The Labute approximate surface area is 104 Å². The van der Waals surface area contributed by atoms with Crippen molar-refractivity contribution in [1.29, 1.82) is 0 Å². The number of carbonyl (C=O) groups is 2. The highest BCUT2D eigenvalue weighted by Crippen LogP contribution is 2.21. The number of nitrogens with zero attached hydrogens (tertiary/aromatic N) is 1. The number of carbonyl (C=O) groups excluding carboxylic acids is 1. The summed E-state index contributed by atoms with van der Waals surface area (Å²) in [7, 11) is 0. The van der Waals surface area contributed by atoms with Crippen LogP contribution in [0.1, 0.15) is 34.3 Å². The van der Waals surface area contributed by atoms with Crippen LogP contribution < -0.4 is 0 Å². The number of aromatic carboxylic acids is 1. The van der Waals surface area contributed by atoms with E-state index in [0.29, 0.717) is 23.9 Å². The predicted octanol–water partition coefficient (Wildman–Crippen LogP) is 2.00. The fourth-order valence-corrected chi connectivity index (χ4v) is 2.92. The summed E-state index contributed by atoms with van der Waals surface area (Å²) >= 11 is 1.29. The first-order valence-electron chi connectivity index (χ1n) is 5.69. The van der Waals surface area contributed by atoms with E-state index in [2.05, 4.69) is 6.92 Å². The summed E-state index contributed by atoms with van der Waals surface area (Å²) in [5.41, 5.74) is 0. The highest BCUT2D eigenvalue weighted by atomic mass is 32.1. The minimum absolute atomic E-state index is 0.215. The normalized spacial score (nSPS) is 19.9. The van der Waals surface area contributed by atoms with E-state index in [1.807, 2.05) is 11.0 Å². The van der Waals surface area contributed by atoms with E-state index < -0.39 is 5.97 Å². The Morgan fingerprint density at radius 1 is 1.59 bits per heavy atom. The van der Waals surface area contributed by atoms with Gasteiger partial charge in [0.1, 0.15) is 4.88 Å². The van der Waals surface area contributed by atoms with Crippen molar-refractivity contribution in [3.8, 4) is 0 Å². The third kappa shape index (κ3) is 2.66. The van der Waals surface area contributed by atoms with Crippen LogP contribution in [0.25, 0.3) is 0 Å². The van der Waals surface area contributed by atoms with Crippen molar-refractivity contribution in [2.24, 2.45) is 0 Å². The molecular formula is C12H15NO3S. The lowest BCUT2D eigenvalue weighted by molar-refractivity contribution is -0.128. The zero-order valence-corrected chi connectivity index (χ0v) is 10.5. The first-order valence-corrected chi connectivity index (χ1v) is 6.51. The Hall–Kier alpha value is -1.36. The van der Waals surface area contributed by atoms with E-state index in [0.717, 1.165) is 17.7 Å². The number of rotatable bonds is 4. The van der Waals surface area contributed by atoms with Crippen LogP contribution in [0.2, 0.25) is 0 Å². The summed E-state index contributed by atoms with van der Waals surface area (Å²) in [5.74, 6) is -0.667. The number of hydrogen-bond donors (Lipinski definition) is 1. The third-order valence-corrected chi connectivity index (χ3v) is 4.23. The maximum absolute atomic E-state index is 11.6. The Morgan fingerprint density at radius 2 is 2.35 bits per heavy atom. The van der Waals surface area contributed by atoms with Gasteiger partial charge in [-0.15, -0.1) is 11.3 Å². The second-order valence-corrected chi connectivity index (χ2v) is 5.46. The molecule has 1 aromatic heterocycles. The standard InChI is InChI=1S/C12H15NO3S/c1-8-2-5-11(14)13(8)7-6-9-3-4-10(17-9)12(15)16/h3-4,8H,2,5-7H2,1H3,(H,15,16). The molecule has 0 aromatic carbocycles. The summed E-state index contributed by atoms with van der Waals surface area (Å²) < 4.78 is 0. The second-order valence-electron chi connectivity index (χ2n) is 4.30. The number of carboxylic acids is 1. The van der Waals surface area contributed by atoms with Crippen LogP contribution >= 0.6 is 11.3 Å². The number of amides is 1.